The summed E-state index contributed by atoms with van der Waals surface area (Å²) in [6.07, 6.45) is 2.74. The highest BCUT2D eigenvalue weighted by Crippen LogP contribution is 2.30. The Morgan fingerprint density at radius 1 is 1.23 bits per heavy atom. The molecule has 1 N–H and O–H groups in total. The van der Waals surface area contributed by atoms with Crippen molar-refractivity contribution in [1.82, 2.24) is 5.32 Å². The number of methoxy groups -OCH3 is 1. The number of hydrogen-bond donors (Lipinski definition) is 1. The number of amides is 3. The van der Waals surface area contributed by atoms with E-state index in [-0.39, 0.29) is 17.9 Å². The van der Waals surface area contributed by atoms with Crippen LogP contribution in [0.15, 0.2) is 18.2 Å². The number of urea groups is 1. The van der Waals surface area contributed by atoms with E-state index in [2.05, 4.69) is 10.2 Å². The average Bonchev–Trinajstić information content (AvgIpc) is 2.62. The van der Waals surface area contributed by atoms with Crippen LogP contribution in [-0.2, 0) is 14.3 Å². The lowest BCUT2D eigenvalue weighted by molar-refractivity contribution is -0.141. The fraction of sp³-hybridized carbons (Fsp3) is 0.526. The second-order valence-electron chi connectivity index (χ2n) is 6.94. The van der Waals surface area contributed by atoms with Crippen LogP contribution in [0.25, 0.3) is 0 Å². The minimum atomic E-state index is -0.364. The topological polar surface area (TPSA) is 79.0 Å². The maximum absolute atomic E-state index is 12.0. The number of esters is 1. The molecule has 0 bridgehead atoms. The van der Waals surface area contributed by atoms with E-state index in [0.717, 1.165) is 42.9 Å². The molecule has 0 unspecified atom stereocenters. The van der Waals surface area contributed by atoms with Crippen LogP contribution in [0.5, 0.6) is 0 Å². The highest BCUT2D eigenvalue weighted by molar-refractivity contribution is 6.05. The van der Waals surface area contributed by atoms with Gasteiger partial charge in [-0.15, -0.1) is 0 Å². The van der Waals surface area contributed by atoms with Crippen LogP contribution in [0.2, 0.25) is 0 Å². The van der Waals surface area contributed by atoms with E-state index in [9.17, 15) is 14.4 Å². The Balaban J connectivity index is 1.64. The van der Waals surface area contributed by atoms with Crippen molar-refractivity contribution in [2.45, 2.75) is 32.6 Å². The molecule has 0 aromatic heterocycles. The van der Waals surface area contributed by atoms with Crippen molar-refractivity contribution in [3.05, 3.63) is 23.8 Å². The number of rotatable bonds is 4. The predicted octanol–water partition coefficient (Wildman–Crippen LogP) is 2.22. The van der Waals surface area contributed by atoms with Gasteiger partial charge in [-0.3, -0.25) is 19.8 Å². The second kappa shape index (κ2) is 7.76. The first-order chi connectivity index (χ1) is 12.5. The number of carbonyl (C=O) groups excluding carboxylic acids is 3. The second-order valence-corrected chi connectivity index (χ2v) is 6.94. The lowest BCUT2D eigenvalue weighted by Crippen LogP contribution is -2.49. The summed E-state index contributed by atoms with van der Waals surface area (Å²) < 4.78 is 4.76. The molecule has 3 rings (SSSR count). The van der Waals surface area contributed by atoms with Crippen molar-refractivity contribution in [3.63, 3.8) is 0 Å². The molecule has 7 nitrogen and oxygen atoms in total. The molecule has 0 saturated carbocycles. The van der Waals surface area contributed by atoms with Gasteiger partial charge >= 0.3 is 12.0 Å². The van der Waals surface area contributed by atoms with Crippen LogP contribution >= 0.6 is 0 Å². The zero-order valence-corrected chi connectivity index (χ0v) is 15.3. The van der Waals surface area contributed by atoms with E-state index in [1.165, 1.54) is 7.11 Å². The summed E-state index contributed by atoms with van der Waals surface area (Å²) >= 11 is 0. The molecule has 1 aromatic rings. The van der Waals surface area contributed by atoms with Crippen LogP contribution in [-0.4, -0.2) is 44.7 Å². The van der Waals surface area contributed by atoms with Crippen LogP contribution in [0.4, 0.5) is 16.2 Å². The first-order valence-corrected chi connectivity index (χ1v) is 9.01. The monoisotopic (exact) mass is 359 g/mol. The van der Waals surface area contributed by atoms with Gasteiger partial charge < -0.3 is 9.64 Å². The first-order valence-electron chi connectivity index (χ1n) is 9.01. The van der Waals surface area contributed by atoms with Gasteiger partial charge in [0, 0.05) is 43.9 Å². The number of nitrogens with zero attached hydrogens (tertiary/aromatic N) is 2. The van der Waals surface area contributed by atoms with Crippen LogP contribution in [0.1, 0.15) is 31.2 Å². The van der Waals surface area contributed by atoms with Gasteiger partial charge in [0.2, 0.25) is 5.91 Å². The SMILES string of the molecule is COC(=O)CC1CCN(c2ccc(N3CCC(=O)NC3=O)cc2C)CC1. The smallest absolute Gasteiger partial charge is 0.328 e. The van der Waals surface area contributed by atoms with Gasteiger partial charge in [0.05, 0.1) is 7.11 Å². The molecule has 0 spiro atoms. The van der Waals surface area contributed by atoms with Crippen molar-refractivity contribution < 1.29 is 19.1 Å². The van der Waals surface area contributed by atoms with Crippen LogP contribution < -0.4 is 15.1 Å². The maximum Gasteiger partial charge on any atom is 0.328 e. The summed E-state index contributed by atoms with van der Waals surface area (Å²) in [4.78, 5) is 38.6. The summed E-state index contributed by atoms with van der Waals surface area (Å²) in [5.74, 6) is 0.0181. The van der Waals surface area contributed by atoms with Gasteiger partial charge in [-0.1, -0.05) is 0 Å². The van der Waals surface area contributed by atoms with E-state index in [4.69, 9.17) is 4.74 Å². The molecule has 0 atom stereocenters. The van der Waals surface area contributed by atoms with E-state index in [1.54, 1.807) is 4.90 Å². The van der Waals surface area contributed by atoms with Gasteiger partial charge in [0.25, 0.3) is 0 Å². The van der Waals surface area contributed by atoms with E-state index in [0.29, 0.717) is 25.3 Å². The Morgan fingerprint density at radius 2 is 1.96 bits per heavy atom. The van der Waals surface area contributed by atoms with Crippen molar-refractivity contribution in [1.29, 1.82) is 0 Å². The van der Waals surface area contributed by atoms with E-state index in [1.807, 2.05) is 25.1 Å². The molecular formula is C19H25N3O4. The van der Waals surface area contributed by atoms with Gasteiger partial charge in [0.1, 0.15) is 0 Å². The third kappa shape index (κ3) is 3.98. The fourth-order valence-electron chi connectivity index (χ4n) is 3.67. The lowest BCUT2D eigenvalue weighted by Gasteiger charge is -2.35. The predicted molar refractivity (Wildman–Crippen MR) is 98.3 cm³/mol. The summed E-state index contributed by atoms with van der Waals surface area (Å²) in [6.45, 7) is 4.25. The third-order valence-electron chi connectivity index (χ3n) is 5.18. The molecule has 2 saturated heterocycles. The van der Waals surface area contributed by atoms with Crippen LogP contribution in [0, 0.1) is 12.8 Å². The minimum absolute atomic E-state index is 0.137. The van der Waals surface area contributed by atoms with Crippen molar-refractivity contribution >= 4 is 29.3 Å². The maximum atomic E-state index is 12.0. The van der Waals surface area contributed by atoms with E-state index < -0.39 is 0 Å². The summed E-state index contributed by atoms with van der Waals surface area (Å²) in [5.41, 5.74) is 3.05. The number of anilines is 2. The summed E-state index contributed by atoms with van der Waals surface area (Å²) in [7, 11) is 1.43. The summed E-state index contributed by atoms with van der Waals surface area (Å²) in [6, 6.07) is 5.59. The molecule has 3 amide bonds. The molecule has 1 aromatic carbocycles. The van der Waals surface area contributed by atoms with Crippen molar-refractivity contribution in [2.24, 2.45) is 5.92 Å². The number of nitrogens with one attached hydrogen (secondary N) is 1. The number of aryl methyl sites for hydroxylation is 1. The number of imide groups is 1. The molecule has 2 aliphatic rings. The Kier molecular flexibility index (Phi) is 5.44. The highest BCUT2D eigenvalue weighted by atomic mass is 16.5. The molecule has 2 aliphatic heterocycles. The lowest BCUT2D eigenvalue weighted by atomic mass is 9.93. The quantitative estimate of drug-likeness (QED) is 0.834. The standard InChI is InChI=1S/C19H25N3O4/c1-13-11-15(22-10-7-17(23)20-19(22)25)3-4-16(13)21-8-5-14(6-9-21)12-18(24)26-2/h3-4,11,14H,5-10,12H2,1-2H3,(H,20,23,25). The Labute approximate surface area is 153 Å². The Morgan fingerprint density at radius 3 is 2.58 bits per heavy atom. The molecule has 140 valence electrons. The number of hydrogen-bond acceptors (Lipinski definition) is 5. The number of carbonyl (C=O) groups is 3. The number of ether oxygens (including phenoxy) is 1. The summed E-state index contributed by atoms with van der Waals surface area (Å²) in [5, 5.41) is 2.35. The van der Waals surface area contributed by atoms with Gasteiger partial charge in [-0.25, -0.2) is 4.79 Å². The molecule has 2 heterocycles. The highest BCUT2D eigenvalue weighted by Gasteiger charge is 2.26. The third-order valence-corrected chi connectivity index (χ3v) is 5.18. The minimum Gasteiger partial charge on any atom is -0.469 e. The number of piperidine rings is 1. The van der Waals surface area contributed by atoms with E-state index >= 15 is 0 Å². The molecule has 26 heavy (non-hydrogen) atoms. The zero-order valence-electron chi connectivity index (χ0n) is 15.3. The van der Waals surface area contributed by atoms with Gasteiger partial charge in [-0.2, -0.15) is 0 Å². The number of benzene rings is 1. The molecule has 2 fully saturated rings. The molecular weight excluding hydrogens is 334 g/mol. The van der Waals surface area contributed by atoms with Crippen LogP contribution in [0.3, 0.4) is 0 Å². The normalized spacial score (nSPS) is 18.7. The molecule has 7 heteroatoms. The van der Waals surface area contributed by atoms with Crippen molar-refractivity contribution in [3.8, 4) is 0 Å². The first kappa shape index (κ1) is 18.2. The zero-order chi connectivity index (χ0) is 18.7. The van der Waals surface area contributed by atoms with Gasteiger partial charge in [-0.05, 0) is 49.4 Å². The van der Waals surface area contributed by atoms with Gasteiger partial charge in [0.15, 0.2) is 0 Å². The average molecular weight is 359 g/mol. The molecule has 0 aliphatic carbocycles. The largest absolute Gasteiger partial charge is 0.469 e. The Bertz CT molecular complexity index is 711. The fourth-order valence-corrected chi connectivity index (χ4v) is 3.67. The Hall–Kier alpha value is -2.57. The van der Waals surface area contributed by atoms with Crippen molar-refractivity contribution in [2.75, 3.05) is 36.5 Å². The molecule has 0 radical (unpaired) electrons.